The van der Waals surface area contributed by atoms with Crippen LogP contribution in [0.25, 0.3) is 0 Å². The van der Waals surface area contributed by atoms with Gasteiger partial charge in [-0.15, -0.1) is 0 Å². The first-order chi connectivity index (χ1) is 6.70. The molecule has 0 aliphatic rings. The zero-order chi connectivity index (χ0) is 11.4. The first-order valence-corrected chi connectivity index (χ1v) is 5.28. The lowest BCUT2D eigenvalue weighted by Gasteiger charge is -1.96. The average Bonchev–Trinajstić information content (AvgIpc) is 2.21. The van der Waals surface area contributed by atoms with E-state index in [-0.39, 0.29) is 6.61 Å². The van der Waals surface area contributed by atoms with Crippen LogP contribution in [0, 0.1) is 0 Å². The lowest BCUT2D eigenvalue weighted by Crippen LogP contribution is -2.04. The fraction of sp³-hybridized carbons (Fsp3) is 0.727. The van der Waals surface area contributed by atoms with Crippen LogP contribution in [0.15, 0.2) is 16.8 Å². The van der Waals surface area contributed by atoms with E-state index in [0.29, 0.717) is 5.70 Å². The Morgan fingerprint density at radius 1 is 1.43 bits per heavy atom. The van der Waals surface area contributed by atoms with Gasteiger partial charge in [0.1, 0.15) is 0 Å². The van der Waals surface area contributed by atoms with Crippen LogP contribution in [-0.2, 0) is 0 Å². The van der Waals surface area contributed by atoms with Crippen LogP contribution in [0.1, 0.15) is 40.5 Å². The van der Waals surface area contributed by atoms with E-state index in [0.717, 1.165) is 25.1 Å². The molecule has 0 aromatic heterocycles. The van der Waals surface area contributed by atoms with Gasteiger partial charge in [-0.1, -0.05) is 27.2 Å². The molecule has 3 nitrogen and oxygen atoms in total. The predicted molar refractivity (Wildman–Crippen MR) is 63.6 cm³/mol. The van der Waals surface area contributed by atoms with Gasteiger partial charge in [-0.05, 0) is 19.4 Å². The van der Waals surface area contributed by atoms with Crippen LogP contribution < -0.4 is 5.73 Å². The first-order valence-electron chi connectivity index (χ1n) is 5.28. The summed E-state index contributed by atoms with van der Waals surface area (Å²) >= 11 is 0. The number of unbranched alkanes of at least 4 members (excludes halogenated alkanes) is 1. The fourth-order valence-electron chi connectivity index (χ4n) is 0.773. The molecule has 0 heterocycles. The highest BCUT2D eigenvalue weighted by atomic mass is 16.3. The van der Waals surface area contributed by atoms with Crippen molar-refractivity contribution >= 4 is 5.71 Å². The second kappa shape index (κ2) is 12.2. The Labute approximate surface area is 87.7 Å². The summed E-state index contributed by atoms with van der Waals surface area (Å²) in [5.74, 6) is 0. The van der Waals surface area contributed by atoms with Crippen LogP contribution in [0.2, 0.25) is 0 Å². The van der Waals surface area contributed by atoms with E-state index in [4.69, 9.17) is 10.8 Å². The number of hydrogen-bond donors (Lipinski definition) is 2. The fourth-order valence-corrected chi connectivity index (χ4v) is 0.773. The van der Waals surface area contributed by atoms with Gasteiger partial charge in [0.15, 0.2) is 0 Å². The predicted octanol–water partition coefficient (Wildman–Crippen LogP) is 2.11. The molecule has 0 amide bonds. The van der Waals surface area contributed by atoms with Crippen molar-refractivity contribution in [1.29, 1.82) is 0 Å². The van der Waals surface area contributed by atoms with E-state index in [1.54, 1.807) is 6.08 Å². The van der Waals surface area contributed by atoms with Crippen LogP contribution in [0.3, 0.4) is 0 Å². The van der Waals surface area contributed by atoms with E-state index < -0.39 is 0 Å². The molecule has 0 aromatic carbocycles. The highest BCUT2D eigenvalue weighted by Gasteiger charge is 1.88. The molecule has 0 saturated heterocycles. The Hall–Kier alpha value is -0.830. The van der Waals surface area contributed by atoms with Crippen molar-refractivity contribution in [2.75, 3.05) is 13.2 Å². The van der Waals surface area contributed by atoms with Crippen molar-refractivity contribution in [3.8, 4) is 0 Å². The summed E-state index contributed by atoms with van der Waals surface area (Å²) in [6, 6.07) is 0. The standard InChI is InChI=1S/C9H18N2O.C2H6/c1-3-4-5-11-8(2)6-9(10)7-12;1-2/h6,12H,3-5,7,10H2,1-2H3;1-2H3/b9-6-,11-8?;. The zero-order valence-corrected chi connectivity index (χ0v) is 9.88. The lowest BCUT2D eigenvalue weighted by molar-refractivity contribution is 0.330. The highest BCUT2D eigenvalue weighted by Crippen LogP contribution is 1.90. The summed E-state index contributed by atoms with van der Waals surface area (Å²) in [6.45, 7) is 8.76. The van der Waals surface area contributed by atoms with Gasteiger partial charge in [0.25, 0.3) is 0 Å². The van der Waals surface area contributed by atoms with Gasteiger partial charge >= 0.3 is 0 Å². The second-order valence-electron chi connectivity index (χ2n) is 2.75. The van der Waals surface area contributed by atoms with Crippen LogP contribution in [-0.4, -0.2) is 24.0 Å². The first kappa shape index (κ1) is 15.6. The number of aliphatic hydroxyl groups is 1. The SMILES string of the molecule is CC.CCCCN=C(C)/C=C(\N)CO. The summed E-state index contributed by atoms with van der Waals surface area (Å²) in [7, 11) is 0. The summed E-state index contributed by atoms with van der Waals surface area (Å²) in [6.07, 6.45) is 3.95. The minimum atomic E-state index is -0.0966. The molecule has 0 radical (unpaired) electrons. The maximum Gasteiger partial charge on any atom is 0.0826 e. The molecule has 0 saturated carbocycles. The molecule has 84 valence electrons. The molecule has 0 aliphatic heterocycles. The van der Waals surface area contributed by atoms with E-state index in [2.05, 4.69) is 11.9 Å². The highest BCUT2D eigenvalue weighted by molar-refractivity contribution is 5.93. The van der Waals surface area contributed by atoms with Gasteiger partial charge in [-0.25, -0.2) is 0 Å². The van der Waals surface area contributed by atoms with Crippen molar-refractivity contribution in [3.05, 3.63) is 11.8 Å². The molecular weight excluding hydrogens is 176 g/mol. The van der Waals surface area contributed by atoms with Crippen molar-refractivity contribution < 1.29 is 5.11 Å². The third-order valence-electron chi connectivity index (χ3n) is 1.45. The second-order valence-corrected chi connectivity index (χ2v) is 2.75. The third kappa shape index (κ3) is 11.2. The summed E-state index contributed by atoms with van der Waals surface area (Å²) in [5, 5.41) is 8.61. The zero-order valence-electron chi connectivity index (χ0n) is 9.88. The quantitative estimate of drug-likeness (QED) is 0.527. The van der Waals surface area contributed by atoms with Crippen LogP contribution in [0.5, 0.6) is 0 Å². The van der Waals surface area contributed by atoms with Gasteiger partial charge in [0.05, 0.1) is 6.61 Å². The molecule has 0 aliphatic carbocycles. The van der Waals surface area contributed by atoms with Gasteiger partial charge in [-0.3, -0.25) is 4.99 Å². The maximum absolute atomic E-state index is 8.61. The lowest BCUT2D eigenvalue weighted by atomic mass is 10.3. The summed E-state index contributed by atoms with van der Waals surface area (Å²) < 4.78 is 0. The number of allylic oxidation sites excluding steroid dienone is 1. The minimum absolute atomic E-state index is 0.0966. The summed E-state index contributed by atoms with van der Waals surface area (Å²) in [4.78, 5) is 4.25. The third-order valence-corrected chi connectivity index (χ3v) is 1.45. The van der Waals surface area contributed by atoms with Crippen molar-refractivity contribution in [3.63, 3.8) is 0 Å². The Morgan fingerprint density at radius 2 is 2.00 bits per heavy atom. The molecule has 0 aromatic rings. The molecular formula is C11H24N2O. The molecule has 0 spiro atoms. The molecule has 0 bridgehead atoms. The number of nitrogens with two attached hydrogens (primary N) is 1. The molecule has 0 fully saturated rings. The van der Waals surface area contributed by atoms with Crippen LogP contribution in [0.4, 0.5) is 0 Å². The van der Waals surface area contributed by atoms with E-state index >= 15 is 0 Å². The Bertz CT molecular complexity index is 174. The minimum Gasteiger partial charge on any atom is -0.400 e. The van der Waals surface area contributed by atoms with Gasteiger partial charge in [0.2, 0.25) is 0 Å². The maximum atomic E-state index is 8.61. The van der Waals surface area contributed by atoms with Crippen molar-refractivity contribution in [2.45, 2.75) is 40.5 Å². The monoisotopic (exact) mass is 200 g/mol. The number of nitrogens with zero attached hydrogens (tertiary/aromatic N) is 1. The van der Waals surface area contributed by atoms with Crippen molar-refractivity contribution in [2.24, 2.45) is 10.7 Å². The topological polar surface area (TPSA) is 58.6 Å². The Kier molecular flexibility index (Phi) is 13.6. The molecule has 0 rings (SSSR count). The van der Waals surface area contributed by atoms with E-state index in [1.807, 2.05) is 20.8 Å². The van der Waals surface area contributed by atoms with Gasteiger partial charge in [0, 0.05) is 18.0 Å². The smallest absolute Gasteiger partial charge is 0.0826 e. The number of aliphatic hydroxyl groups excluding tert-OH is 1. The number of aliphatic imine (C=N–C) groups is 1. The van der Waals surface area contributed by atoms with Gasteiger partial charge in [-0.2, -0.15) is 0 Å². The molecule has 3 heteroatoms. The average molecular weight is 200 g/mol. The van der Waals surface area contributed by atoms with E-state index in [9.17, 15) is 0 Å². The van der Waals surface area contributed by atoms with Crippen molar-refractivity contribution in [1.82, 2.24) is 0 Å². The largest absolute Gasteiger partial charge is 0.400 e. The number of hydrogen-bond acceptors (Lipinski definition) is 3. The Balaban J connectivity index is 0. The molecule has 14 heavy (non-hydrogen) atoms. The summed E-state index contributed by atoms with van der Waals surface area (Å²) in [5.41, 5.74) is 6.76. The molecule has 0 atom stereocenters. The number of rotatable bonds is 5. The molecule has 0 unspecified atom stereocenters. The van der Waals surface area contributed by atoms with E-state index in [1.165, 1.54) is 0 Å². The van der Waals surface area contributed by atoms with Crippen LogP contribution >= 0.6 is 0 Å². The molecule has 3 N–H and O–H groups in total. The normalized spacial score (nSPS) is 12.1. The van der Waals surface area contributed by atoms with Gasteiger partial charge < -0.3 is 10.8 Å². The Morgan fingerprint density at radius 3 is 2.43 bits per heavy atom.